The second-order valence-electron chi connectivity index (χ2n) is 6.80. The monoisotopic (exact) mass is 337 g/mol. The summed E-state index contributed by atoms with van der Waals surface area (Å²) in [5.41, 5.74) is 2.64. The number of hydrogen-bond acceptors (Lipinski definition) is 1. The van der Waals surface area contributed by atoms with E-state index in [2.05, 4.69) is 91.1 Å². The van der Waals surface area contributed by atoms with Gasteiger partial charge < -0.3 is 0 Å². The van der Waals surface area contributed by atoms with Gasteiger partial charge in [-0.15, -0.1) is 0 Å². The SMILES string of the molecule is c1ccc([Si]2(c3ccccc3)CCc3c2cnc2ccccc32)cc1. The van der Waals surface area contributed by atoms with E-state index in [4.69, 9.17) is 4.98 Å². The molecular formula is C23H19NSi. The molecule has 0 amide bonds. The zero-order valence-electron chi connectivity index (χ0n) is 14.0. The van der Waals surface area contributed by atoms with Crippen molar-refractivity contribution in [1.82, 2.24) is 4.98 Å². The summed E-state index contributed by atoms with van der Waals surface area (Å²) < 4.78 is 0. The highest BCUT2D eigenvalue weighted by atomic mass is 28.3. The lowest BCUT2D eigenvalue weighted by Gasteiger charge is -2.29. The first-order chi connectivity index (χ1) is 12.4. The number of para-hydroxylation sites is 1. The average molecular weight is 337 g/mol. The van der Waals surface area contributed by atoms with E-state index in [0.717, 1.165) is 11.9 Å². The van der Waals surface area contributed by atoms with Crippen LogP contribution in [0.25, 0.3) is 10.9 Å². The number of fused-ring (bicyclic) bond motifs is 3. The second-order valence-corrected chi connectivity index (χ2v) is 10.8. The molecule has 3 aromatic carbocycles. The maximum Gasteiger partial charge on any atom is 0.151 e. The van der Waals surface area contributed by atoms with Crippen LogP contribution >= 0.6 is 0 Å². The van der Waals surface area contributed by atoms with Crippen LogP contribution in [0.1, 0.15) is 5.56 Å². The number of pyridine rings is 1. The van der Waals surface area contributed by atoms with E-state index in [9.17, 15) is 0 Å². The van der Waals surface area contributed by atoms with Crippen molar-refractivity contribution >= 4 is 34.5 Å². The van der Waals surface area contributed by atoms with Gasteiger partial charge in [-0.25, -0.2) is 0 Å². The van der Waals surface area contributed by atoms with Gasteiger partial charge in [0.1, 0.15) is 0 Å². The Morgan fingerprint density at radius 2 is 1.28 bits per heavy atom. The van der Waals surface area contributed by atoms with Crippen molar-refractivity contribution in [1.29, 1.82) is 0 Å². The standard InChI is InChI=1S/C23H19NSi/c1-3-9-18(10-4-1)25(19-11-5-2-6-12-19)16-15-21-20-13-7-8-14-22(20)24-17-23(21)25/h1-14,17H,15-16H2. The normalized spacial score (nSPS) is 15.2. The van der Waals surface area contributed by atoms with E-state index in [0.29, 0.717) is 0 Å². The van der Waals surface area contributed by atoms with E-state index < -0.39 is 8.07 Å². The molecule has 2 heterocycles. The van der Waals surface area contributed by atoms with E-state index in [1.54, 1.807) is 0 Å². The molecule has 0 aliphatic carbocycles. The topological polar surface area (TPSA) is 12.9 Å². The third kappa shape index (κ3) is 2.11. The van der Waals surface area contributed by atoms with Crippen LogP contribution in [0.4, 0.5) is 0 Å². The molecule has 0 fully saturated rings. The van der Waals surface area contributed by atoms with Crippen LogP contribution < -0.4 is 15.6 Å². The van der Waals surface area contributed by atoms with Crippen LogP contribution in [0.3, 0.4) is 0 Å². The molecule has 1 nitrogen and oxygen atoms in total. The Morgan fingerprint density at radius 1 is 0.680 bits per heavy atom. The fourth-order valence-electron chi connectivity index (χ4n) is 4.49. The van der Waals surface area contributed by atoms with Gasteiger partial charge in [0.2, 0.25) is 0 Å². The molecule has 0 atom stereocenters. The summed E-state index contributed by atoms with van der Waals surface area (Å²) in [4.78, 5) is 4.83. The highest BCUT2D eigenvalue weighted by molar-refractivity contribution is 7.12. The van der Waals surface area contributed by atoms with Gasteiger partial charge in [-0.05, 0) is 39.7 Å². The fraction of sp³-hybridized carbons (Fsp3) is 0.0870. The molecule has 4 aromatic rings. The summed E-state index contributed by atoms with van der Waals surface area (Å²) in [6.45, 7) is 0. The van der Waals surface area contributed by atoms with Gasteiger partial charge >= 0.3 is 0 Å². The van der Waals surface area contributed by atoms with E-state index in [1.807, 2.05) is 0 Å². The van der Waals surface area contributed by atoms with Gasteiger partial charge in [-0.1, -0.05) is 78.9 Å². The number of hydrogen-bond donors (Lipinski definition) is 0. The van der Waals surface area contributed by atoms with Crippen molar-refractivity contribution in [2.75, 3.05) is 0 Å². The number of nitrogens with zero attached hydrogens (tertiary/aromatic N) is 1. The Hall–Kier alpha value is -2.71. The third-order valence-corrected chi connectivity index (χ3v) is 10.6. The van der Waals surface area contributed by atoms with Crippen LogP contribution in [0.15, 0.2) is 91.1 Å². The van der Waals surface area contributed by atoms with Crippen molar-refractivity contribution < 1.29 is 0 Å². The summed E-state index contributed by atoms with van der Waals surface area (Å²) in [5.74, 6) is 0. The summed E-state index contributed by atoms with van der Waals surface area (Å²) in [6, 6.07) is 32.1. The first-order valence-corrected chi connectivity index (χ1v) is 11.1. The Labute approximate surface area is 149 Å². The van der Waals surface area contributed by atoms with E-state index in [1.165, 1.54) is 32.6 Å². The first-order valence-electron chi connectivity index (χ1n) is 8.88. The zero-order valence-corrected chi connectivity index (χ0v) is 15.0. The van der Waals surface area contributed by atoms with E-state index >= 15 is 0 Å². The van der Waals surface area contributed by atoms with Gasteiger partial charge in [-0.2, -0.15) is 0 Å². The van der Waals surface area contributed by atoms with Crippen LogP contribution in [0, 0.1) is 0 Å². The van der Waals surface area contributed by atoms with Crippen LogP contribution in [0.2, 0.25) is 6.04 Å². The molecule has 1 aliphatic heterocycles. The van der Waals surface area contributed by atoms with Crippen LogP contribution in [-0.2, 0) is 6.42 Å². The van der Waals surface area contributed by atoms with E-state index in [-0.39, 0.29) is 0 Å². The number of rotatable bonds is 2. The Bertz CT molecular complexity index is 1000. The Balaban J connectivity index is 1.85. The highest BCUT2D eigenvalue weighted by Crippen LogP contribution is 2.28. The van der Waals surface area contributed by atoms with Crippen molar-refractivity contribution in [2.24, 2.45) is 0 Å². The van der Waals surface area contributed by atoms with Gasteiger partial charge in [0.15, 0.2) is 8.07 Å². The maximum absolute atomic E-state index is 4.83. The smallest absolute Gasteiger partial charge is 0.151 e. The summed E-state index contributed by atoms with van der Waals surface area (Å²) >= 11 is 0. The molecule has 0 spiro atoms. The molecule has 0 radical (unpaired) electrons. The van der Waals surface area contributed by atoms with Crippen molar-refractivity contribution in [3.8, 4) is 0 Å². The Morgan fingerprint density at radius 3 is 1.96 bits per heavy atom. The largest absolute Gasteiger partial charge is 0.256 e. The predicted octanol–water partition coefficient (Wildman–Crippen LogP) is 3.26. The molecule has 1 aromatic heterocycles. The minimum atomic E-state index is -1.98. The molecule has 5 rings (SSSR count). The van der Waals surface area contributed by atoms with Crippen molar-refractivity contribution in [3.05, 3.63) is 96.7 Å². The lowest BCUT2D eigenvalue weighted by molar-refractivity contribution is 1.17. The molecule has 0 bridgehead atoms. The lowest BCUT2D eigenvalue weighted by atomic mass is 10.1. The number of aromatic nitrogens is 1. The predicted molar refractivity (Wildman–Crippen MR) is 108 cm³/mol. The van der Waals surface area contributed by atoms with Gasteiger partial charge in [0.05, 0.1) is 5.52 Å². The number of benzene rings is 3. The Kier molecular flexibility index (Phi) is 3.32. The molecule has 0 saturated carbocycles. The number of aryl methyl sites for hydroxylation is 1. The fourth-order valence-corrected chi connectivity index (χ4v) is 9.50. The van der Waals surface area contributed by atoms with Crippen molar-refractivity contribution in [3.63, 3.8) is 0 Å². The molecule has 25 heavy (non-hydrogen) atoms. The molecule has 0 N–H and O–H groups in total. The second kappa shape index (κ2) is 5.68. The summed E-state index contributed by atoms with van der Waals surface area (Å²) in [7, 11) is -1.98. The van der Waals surface area contributed by atoms with Crippen LogP contribution in [0.5, 0.6) is 0 Å². The third-order valence-electron chi connectivity index (χ3n) is 5.63. The minimum Gasteiger partial charge on any atom is -0.256 e. The molecule has 120 valence electrons. The first kappa shape index (κ1) is 14.6. The average Bonchev–Trinajstić information content (AvgIpc) is 3.10. The molecule has 0 unspecified atom stereocenters. The molecule has 2 heteroatoms. The lowest BCUT2D eigenvalue weighted by Crippen LogP contribution is -2.65. The van der Waals surface area contributed by atoms with Gasteiger partial charge in [-0.3, -0.25) is 4.98 Å². The summed E-state index contributed by atoms with van der Waals surface area (Å²) in [6.07, 6.45) is 3.32. The van der Waals surface area contributed by atoms with Gasteiger partial charge in [0.25, 0.3) is 0 Å². The highest BCUT2D eigenvalue weighted by Gasteiger charge is 2.45. The molecule has 1 aliphatic rings. The zero-order chi connectivity index (χ0) is 16.7. The molecular weight excluding hydrogens is 318 g/mol. The van der Waals surface area contributed by atoms with Crippen molar-refractivity contribution in [2.45, 2.75) is 12.5 Å². The summed E-state index contributed by atoms with van der Waals surface area (Å²) in [5, 5.41) is 5.83. The van der Waals surface area contributed by atoms with Crippen LogP contribution in [-0.4, -0.2) is 13.1 Å². The quantitative estimate of drug-likeness (QED) is 0.512. The molecule has 0 saturated heterocycles. The van der Waals surface area contributed by atoms with Gasteiger partial charge in [0, 0.05) is 11.6 Å². The minimum absolute atomic E-state index is 1.12. The maximum atomic E-state index is 4.83.